The topological polar surface area (TPSA) is 107 Å². The fraction of sp³-hybridized carbons (Fsp3) is 0. The summed E-state index contributed by atoms with van der Waals surface area (Å²) in [6.07, 6.45) is 1.31. The van der Waals surface area contributed by atoms with Crippen molar-refractivity contribution >= 4 is 29.5 Å². The zero-order chi connectivity index (χ0) is 15.4. The van der Waals surface area contributed by atoms with Crippen LogP contribution in [0.1, 0.15) is 10.4 Å². The molecular formula is C12H8ClFN4O3. The second-order valence-corrected chi connectivity index (χ2v) is 4.15. The molecule has 2 amide bonds. The molecule has 0 fully saturated rings. The Morgan fingerprint density at radius 2 is 1.95 bits per heavy atom. The summed E-state index contributed by atoms with van der Waals surface area (Å²) in [7, 11) is 0. The summed E-state index contributed by atoms with van der Waals surface area (Å²) in [6, 6.07) is 3.51. The highest BCUT2D eigenvalue weighted by atomic mass is 35.5. The average molecular weight is 311 g/mol. The monoisotopic (exact) mass is 310 g/mol. The molecule has 1 aromatic heterocycles. The van der Waals surface area contributed by atoms with E-state index in [4.69, 9.17) is 17.3 Å². The van der Waals surface area contributed by atoms with Crippen molar-refractivity contribution in [2.45, 2.75) is 0 Å². The third kappa shape index (κ3) is 3.86. The van der Waals surface area contributed by atoms with Crippen LogP contribution in [0.15, 0.2) is 30.6 Å². The molecule has 3 N–H and O–H groups in total. The Bertz CT molecular complexity index is 693. The smallest absolute Gasteiger partial charge is 0.407 e. The minimum Gasteiger partial charge on any atom is -0.407 e. The fourth-order valence-electron chi connectivity index (χ4n) is 1.36. The number of ether oxygens (including phenoxy) is 1. The van der Waals surface area contributed by atoms with Crippen molar-refractivity contribution in [1.82, 2.24) is 9.97 Å². The van der Waals surface area contributed by atoms with Crippen molar-refractivity contribution in [3.63, 3.8) is 0 Å². The minimum absolute atomic E-state index is 0.0303. The van der Waals surface area contributed by atoms with Gasteiger partial charge in [-0.1, -0.05) is 11.6 Å². The molecule has 0 saturated heterocycles. The number of benzene rings is 1. The zero-order valence-corrected chi connectivity index (χ0v) is 11.1. The van der Waals surface area contributed by atoms with Gasteiger partial charge in [-0.15, -0.1) is 0 Å². The molecule has 1 heterocycles. The fourth-order valence-corrected chi connectivity index (χ4v) is 1.54. The van der Waals surface area contributed by atoms with Crippen LogP contribution in [0.4, 0.5) is 15.1 Å². The van der Waals surface area contributed by atoms with Gasteiger partial charge in [0.1, 0.15) is 5.82 Å². The van der Waals surface area contributed by atoms with Gasteiger partial charge in [0.05, 0.1) is 17.4 Å². The molecular weight excluding hydrogens is 303 g/mol. The van der Waals surface area contributed by atoms with Crippen molar-refractivity contribution in [3.05, 3.63) is 47.0 Å². The number of carbonyl (C=O) groups is 2. The molecule has 2 aromatic rings. The highest BCUT2D eigenvalue weighted by Crippen LogP contribution is 2.17. The summed E-state index contributed by atoms with van der Waals surface area (Å²) in [5.74, 6) is -1.19. The number of hydrogen-bond acceptors (Lipinski definition) is 5. The van der Waals surface area contributed by atoms with Crippen LogP contribution in [-0.4, -0.2) is 22.0 Å². The van der Waals surface area contributed by atoms with E-state index in [1.54, 1.807) is 0 Å². The number of primary amides is 1. The van der Waals surface area contributed by atoms with Crippen molar-refractivity contribution in [2.24, 2.45) is 5.73 Å². The maximum absolute atomic E-state index is 13.0. The maximum Gasteiger partial charge on any atom is 0.410 e. The van der Waals surface area contributed by atoms with E-state index in [1.807, 2.05) is 0 Å². The van der Waals surface area contributed by atoms with Gasteiger partial charge in [-0.25, -0.2) is 19.2 Å². The van der Waals surface area contributed by atoms with Crippen molar-refractivity contribution in [2.75, 3.05) is 5.32 Å². The lowest BCUT2D eigenvalue weighted by Gasteiger charge is -2.05. The number of nitrogens with two attached hydrogens (primary N) is 1. The predicted octanol–water partition coefficient (Wildman–Crippen LogP) is 1.98. The summed E-state index contributed by atoms with van der Waals surface area (Å²) in [6.45, 7) is 0. The Hall–Kier alpha value is -2.74. The molecule has 21 heavy (non-hydrogen) atoms. The lowest BCUT2D eigenvalue weighted by Crippen LogP contribution is -2.17. The highest BCUT2D eigenvalue weighted by Gasteiger charge is 2.10. The Morgan fingerprint density at radius 3 is 2.52 bits per heavy atom. The minimum atomic E-state index is -1.00. The molecule has 0 aliphatic heterocycles. The molecule has 0 saturated carbocycles. The van der Waals surface area contributed by atoms with Gasteiger partial charge in [0.2, 0.25) is 5.95 Å². The molecule has 9 heteroatoms. The molecule has 0 spiro atoms. The molecule has 0 unspecified atom stereocenters. The number of rotatable bonds is 3. The van der Waals surface area contributed by atoms with Crippen molar-refractivity contribution < 1.29 is 18.7 Å². The van der Waals surface area contributed by atoms with Crippen molar-refractivity contribution in [3.8, 4) is 5.75 Å². The van der Waals surface area contributed by atoms with Gasteiger partial charge in [0.15, 0.2) is 5.75 Å². The molecule has 0 aliphatic rings. The van der Waals surface area contributed by atoms with Crippen LogP contribution in [0.25, 0.3) is 0 Å². The average Bonchev–Trinajstić information content (AvgIpc) is 2.43. The first-order valence-electron chi connectivity index (χ1n) is 5.51. The van der Waals surface area contributed by atoms with Gasteiger partial charge in [-0.05, 0) is 18.2 Å². The Kier molecular flexibility index (Phi) is 4.29. The Morgan fingerprint density at radius 1 is 1.29 bits per heavy atom. The first-order chi connectivity index (χ1) is 9.95. The Balaban J connectivity index is 2.08. The summed E-state index contributed by atoms with van der Waals surface area (Å²) < 4.78 is 17.5. The predicted molar refractivity (Wildman–Crippen MR) is 71.6 cm³/mol. The van der Waals surface area contributed by atoms with Gasteiger partial charge in [0.25, 0.3) is 5.91 Å². The number of hydrogen-bond donors (Lipinski definition) is 2. The number of nitrogens with one attached hydrogen (secondary N) is 1. The van der Waals surface area contributed by atoms with Crippen LogP contribution in [0.3, 0.4) is 0 Å². The van der Waals surface area contributed by atoms with Crippen LogP contribution in [0, 0.1) is 5.82 Å². The van der Waals surface area contributed by atoms with E-state index < -0.39 is 17.8 Å². The van der Waals surface area contributed by atoms with Gasteiger partial charge < -0.3 is 10.5 Å². The van der Waals surface area contributed by atoms with Crippen LogP contribution < -0.4 is 15.8 Å². The molecule has 1 aromatic carbocycles. The normalized spacial score (nSPS) is 10.0. The van der Waals surface area contributed by atoms with Crippen LogP contribution in [0.5, 0.6) is 5.75 Å². The molecule has 0 atom stereocenters. The van der Waals surface area contributed by atoms with Gasteiger partial charge in [0, 0.05) is 5.56 Å². The van der Waals surface area contributed by atoms with E-state index in [-0.39, 0.29) is 22.3 Å². The summed E-state index contributed by atoms with van der Waals surface area (Å²) in [5, 5.41) is 2.20. The van der Waals surface area contributed by atoms with E-state index >= 15 is 0 Å². The molecule has 108 valence electrons. The molecule has 0 radical (unpaired) electrons. The lowest BCUT2D eigenvalue weighted by molar-refractivity contribution is 0.102. The van der Waals surface area contributed by atoms with E-state index in [0.717, 1.165) is 18.5 Å². The number of halogens is 2. The van der Waals surface area contributed by atoms with Crippen LogP contribution in [-0.2, 0) is 0 Å². The molecule has 7 nitrogen and oxygen atoms in total. The van der Waals surface area contributed by atoms with Gasteiger partial charge in [-0.3, -0.25) is 10.1 Å². The van der Waals surface area contributed by atoms with Crippen LogP contribution in [0.2, 0.25) is 5.02 Å². The summed E-state index contributed by atoms with van der Waals surface area (Å²) in [4.78, 5) is 29.9. The maximum atomic E-state index is 13.0. The zero-order valence-electron chi connectivity index (χ0n) is 10.3. The number of aromatic nitrogens is 2. The largest absolute Gasteiger partial charge is 0.410 e. The molecule has 2 rings (SSSR count). The third-order valence-electron chi connectivity index (χ3n) is 2.25. The number of nitrogens with zero attached hydrogens (tertiary/aromatic N) is 2. The van der Waals surface area contributed by atoms with E-state index in [0.29, 0.717) is 0 Å². The van der Waals surface area contributed by atoms with Crippen LogP contribution >= 0.6 is 11.6 Å². The quantitative estimate of drug-likeness (QED) is 0.901. The molecule has 0 aliphatic carbocycles. The van der Waals surface area contributed by atoms with E-state index in [9.17, 15) is 14.0 Å². The first-order valence-corrected chi connectivity index (χ1v) is 5.89. The number of amides is 2. The lowest BCUT2D eigenvalue weighted by atomic mass is 10.2. The van der Waals surface area contributed by atoms with Gasteiger partial charge in [-0.2, -0.15) is 0 Å². The second-order valence-electron chi connectivity index (χ2n) is 3.75. The number of carbonyl (C=O) groups excluding carboxylic acids is 2. The molecule has 0 bridgehead atoms. The van der Waals surface area contributed by atoms with Gasteiger partial charge >= 0.3 is 6.09 Å². The Labute approximate surface area is 122 Å². The van der Waals surface area contributed by atoms with E-state index in [1.165, 1.54) is 12.1 Å². The second kappa shape index (κ2) is 6.14. The van der Waals surface area contributed by atoms with Crippen molar-refractivity contribution in [1.29, 1.82) is 0 Å². The SMILES string of the molecule is NC(=O)Oc1cnc(NC(=O)c2ccc(F)c(Cl)c2)nc1. The highest BCUT2D eigenvalue weighted by molar-refractivity contribution is 6.31. The summed E-state index contributed by atoms with van der Waals surface area (Å²) >= 11 is 5.58. The standard InChI is InChI=1S/C12H8ClFN4O3/c13-8-3-6(1-2-9(8)14)10(19)18-12-16-4-7(5-17-12)21-11(15)20/h1-5H,(H2,15,20)(H,16,17,18,19). The van der Waals surface area contributed by atoms with E-state index in [2.05, 4.69) is 20.0 Å². The number of anilines is 1. The summed E-state index contributed by atoms with van der Waals surface area (Å²) in [5.41, 5.74) is 4.96. The first kappa shape index (κ1) is 14.7. The third-order valence-corrected chi connectivity index (χ3v) is 2.54.